The quantitative estimate of drug-likeness (QED) is 0.152. The summed E-state index contributed by atoms with van der Waals surface area (Å²) in [6, 6.07) is 76.4. The van der Waals surface area contributed by atoms with E-state index in [9.17, 15) is 0 Å². The van der Waals surface area contributed by atoms with Crippen molar-refractivity contribution in [3.63, 3.8) is 0 Å². The fourth-order valence-electron chi connectivity index (χ4n) is 8.04. The molecule has 0 bridgehead atoms. The maximum Gasteiger partial charge on any atom is 0.160 e. The van der Waals surface area contributed by atoms with Crippen molar-refractivity contribution in [2.75, 3.05) is 0 Å². The van der Waals surface area contributed by atoms with E-state index in [-0.39, 0.29) is 0 Å². The Hall–Kier alpha value is -8.08. The molecule has 0 saturated heterocycles. The molecule has 0 radical (unpaired) electrons. The minimum absolute atomic E-state index is 0.700. The summed E-state index contributed by atoms with van der Waals surface area (Å²) >= 11 is 0. The maximum atomic E-state index is 5.17. The van der Waals surface area contributed by atoms with Crippen LogP contribution in [0.4, 0.5) is 0 Å². The Labute approximate surface area is 348 Å². The highest BCUT2D eigenvalue weighted by molar-refractivity contribution is 6.04. The van der Waals surface area contributed by atoms with Gasteiger partial charge >= 0.3 is 0 Å². The van der Waals surface area contributed by atoms with E-state index in [1.807, 2.05) is 42.5 Å². The minimum atomic E-state index is 0.700. The minimum Gasteiger partial charge on any atom is -0.245 e. The normalized spacial score (nSPS) is 11.3. The molecule has 11 rings (SSSR count). The number of fused-ring (bicyclic) bond motifs is 4. The van der Waals surface area contributed by atoms with Crippen LogP contribution in [0.5, 0.6) is 0 Å². The molecule has 0 N–H and O–H groups in total. The molecule has 0 aliphatic heterocycles. The first-order chi connectivity index (χ1) is 29.7. The monoisotopic (exact) mass is 764 g/mol. The molecule has 0 fully saturated rings. The Balaban J connectivity index is 0.894. The first kappa shape index (κ1) is 35.1. The Morgan fingerprint density at radius 3 is 1.12 bits per heavy atom. The van der Waals surface area contributed by atoms with Crippen LogP contribution in [0.2, 0.25) is 0 Å². The molecule has 280 valence electrons. The molecular weight excluding hydrogens is 729 g/mol. The average molecular weight is 765 g/mol. The van der Waals surface area contributed by atoms with Crippen LogP contribution in [0.1, 0.15) is 0 Å². The topological polar surface area (TPSA) is 51.6 Å². The molecule has 8 aromatic carbocycles. The van der Waals surface area contributed by atoms with E-state index in [2.05, 4.69) is 176 Å². The van der Waals surface area contributed by atoms with E-state index >= 15 is 0 Å². The fourth-order valence-corrected chi connectivity index (χ4v) is 8.04. The molecule has 3 aromatic heterocycles. The van der Waals surface area contributed by atoms with Crippen LogP contribution in [-0.4, -0.2) is 19.9 Å². The highest BCUT2D eigenvalue weighted by Gasteiger charge is 2.13. The summed E-state index contributed by atoms with van der Waals surface area (Å²) in [4.78, 5) is 20.4. The van der Waals surface area contributed by atoms with Gasteiger partial charge in [0.1, 0.15) is 0 Å². The molecule has 0 aliphatic carbocycles. The number of pyridine rings is 2. The zero-order valence-electron chi connectivity index (χ0n) is 32.6. The molecule has 4 nitrogen and oxygen atoms in total. The Morgan fingerprint density at radius 2 is 0.550 bits per heavy atom. The lowest BCUT2D eigenvalue weighted by molar-refractivity contribution is 1.18. The van der Waals surface area contributed by atoms with Crippen molar-refractivity contribution in [3.05, 3.63) is 218 Å². The Kier molecular flexibility index (Phi) is 8.79. The number of aromatic nitrogens is 4. The standard InChI is InChI=1S/C56H36N4/c1-4-10-37(11-5-1)38-18-24-45(25-19-38)56-59-52(41-14-8-3-9-15-41)36-53(60-56)49-29-28-47-34-46(26-27-48(47)35-49)39-16-20-42(21-17-39)51-33-31-44-23-22-43-30-32-50(40-12-6-2-7-13-40)57-54(43)55(44)58-51/h1-36H. The van der Waals surface area contributed by atoms with Crippen LogP contribution in [0.25, 0.3) is 111 Å². The summed E-state index contributed by atoms with van der Waals surface area (Å²) < 4.78 is 0. The summed E-state index contributed by atoms with van der Waals surface area (Å²) in [5.41, 5.74) is 15.4. The second kappa shape index (κ2) is 15.0. The molecule has 3 heterocycles. The lowest BCUT2D eigenvalue weighted by Crippen LogP contribution is -1.96. The third kappa shape index (κ3) is 6.76. The van der Waals surface area contributed by atoms with Crippen molar-refractivity contribution in [2.24, 2.45) is 0 Å². The SMILES string of the molecule is c1ccc(-c2ccc(-c3nc(-c4ccccc4)cc(-c4ccc5cc(-c6ccc(-c7ccc8ccc9ccc(-c%10ccccc%10)nc9c8n7)cc6)ccc5c4)n3)cc2)cc1. The predicted molar refractivity (Wildman–Crippen MR) is 248 cm³/mol. The molecule has 4 heteroatoms. The molecule has 0 atom stereocenters. The summed E-state index contributed by atoms with van der Waals surface area (Å²) in [6.07, 6.45) is 0. The van der Waals surface area contributed by atoms with Gasteiger partial charge in [0.2, 0.25) is 0 Å². The summed E-state index contributed by atoms with van der Waals surface area (Å²) in [6.45, 7) is 0. The lowest BCUT2D eigenvalue weighted by atomic mass is 9.97. The van der Waals surface area contributed by atoms with Crippen LogP contribution in [0.3, 0.4) is 0 Å². The van der Waals surface area contributed by atoms with E-state index in [0.29, 0.717) is 5.82 Å². The maximum absolute atomic E-state index is 5.17. The van der Waals surface area contributed by atoms with Gasteiger partial charge in [-0.3, -0.25) is 0 Å². The molecular formula is C56H36N4. The van der Waals surface area contributed by atoms with E-state index in [4.69, 9.17) is 19.9 Å². The molecule has 0 amide bonds. The summed E-state index contributed by atoms with van der Waals surface area (Å²) in [5.74, 6) is 0.700. The third-order valence-electron chi connectivity index (χ3n) is 11.3. The number of benzene rings is 8. The highest BCUT2D eigenvalue weighted by Crippen LogP contribution is 2.34. The van der Waals surface area contributed by atoms with Gasteiger partial charge in [-0.1, -0.05) is 188 Å². The summed E-state index contributed by atoms with van der Waals surface area (Å²) in [7, 11) is 0. The van der Waals surface area contributed by atoms with Gasteiger partial charge in [-0.2, -0.15) is 0 Å². The van der Waals surface area contributed by atoms with Crippen molar-refractivity contribution in [1.29, 1.82) is 0 Å². The number of nitrogens with zero attached hydrogens (tertiary/aromatic N) is 4. The van der Waals surface area contributed by atoms with Gasteiger partial charge < -0.3 is 0 Å². The van der Waals surface area contributed by atoms with Gasteiger partial charge in [-0.15, -0.1) is 0 Å². The Bertz CT molecular complexity index is 3330. The summed E-state index contributed by atoms with van der Waals surface area (Å²) in [5, 5.41) is 4.47. The second-order valence-electron chi connectivity index (χ2n) is 15.1. The first-order valence-corrected chi connectivity index (χ1v) is 20.2. The highest BCUT2D eigenvalue weighted by atomic mass is 14.9. The first-order valence-electron chi connectivity index (χ1n) is 20.2. The number of hydrogen-bond donors (Lipinski definition) is 0. The van der Waals surface area contributed by atoms with E-state index in [1.165, 1.54) is 10.9 Å². The third-order valence-corrected chi connectivity index (χ3v) is 11.3. The van der Waals surface area contributed by atoms with Crippen molar-refractivity contribution in [2.45, 2.75) is 0 Å². The van der Waals surface area contributed by atoms with Gasteiger partial charge in [-0.05, 0) is 63.4 Å². The largest absolute Gasteiger partial charge is 0.245 e. The average Bonchev–Trinajstić information content (AvgIpc) is 3.34. The predicted octanol–water partition coefficient (Wildman–Crippen LogP) is 14.4. The van der Waals surface area contributed by atoms with Crippen LogP contribution in [0, 0.1) is 0 Å². The van der Waals surface area contributed by atoms with Gasteiger partial charge in [0.25, 0.3) is 0 Å². The smallest absolute Gasteiger partial charge is 0.160 e. The number of hydrogen-bond acceptors (Lipinski definition) is 4. The van der Waals surface area contributed by atoms with Gasteiger partial charge in [0.15, 0.2) is 5.82 Å². The van der Waals surface area contributed by atoms with Crippen LogP contribution < -0.4 is 0 Å². The van der Waals surface area contributed by atoms with Crippen molar-refractivity contribution in [1.82, 2.24) is 19.9 Å². The zero-order chi connectivity index (χ0) is 39.8. The van der Waals surface area contributed by atoms with Crippen LogP contribution in [0.15, 0.2) is 218 Å². The molecule has 0 unspecified atom stereocenters. The Morgan fingerprint density at radius 1 is 0.200 bits per heavy atom. The van der Waals surface area contributed by atoms with E-state index < -0.39 is 0 Å². The molecule has 0 spiro atoms. The fraction of sp³-hybridized carbons (Fsp3) is 0. The van der Waals surface area contributed by atoms with Gasteiger partial charge in [-0.25, -0.2) is 19.9 Å². The lowest BCUT2D eigenvalue weighted by Gasteiger charge is -2.11. The second-order valence-corrected chi connectivity index (χ2v) is 15.1. The zero-order valence-corrected chi connectivity index (χ0v) is 32.6. The van der Waals surface area contributed by atoms with Crippen LogP contribution in [-0.2, 0) is 0 Å². The van der Waals surface area contributed by atoms with E-state index in [1.54, 1.807) is 0 Å². The molecule has 0 aliphatic rings. The molecule has 60 heavy (non-hydrogen) atoms. The van der Waals surface area contributed by atoms with Crippen molar-refractivity contribution < 1.29 is 0 Å². The number of rotatable bonds is 7. The van der Waals surface area contributed by atoms with Crippen molar-refractivity contribution in [3.8, 4) is 78.7 Å². The van der Waals surface area contributed by atoms with Gasteiger partial charge in [0, 0.05) is 38.6 Å². The molecule has 11 aromatic rings. The van der Waals surface area contributed by atoms with Gasteiger partial charge in [0.05, 0.1) is 33.8 Å². The van der Waals surface area contributed by atoms with Crippen LogP contribution >= 0.6 is 0 Å². The van der Waals surface area contributed by atoms with Crippen molar-refractivity contribution >= 4 is 32.6 Å². The van der Waals surface area contributed by atoms with E-state index in [0.717, 1.165) is 94.5 Å². The molecule has 0 saturated carbocycles.